The van der Waals surface area contributed by atoms with E-state index in [-0.39, 0.29) is 17.4 Å². The molecule has 1 heterocycles. The van der Waals surface area contributed by atoms with Gasteiger partial charge in [-0.1, -0.05) is 25.2 Å². The van der Waals surface area contributed by atoms with Gasteiger partial charge in [-0.3, -0.25) is 0 Å². The van der Waals surface area contributed by atoms with E-state index < -0.39 is 11.4 Å². The minimum Gasteiger partial charge on any atom is -0.385 e. The van der Waals surface area contributed by atoms with E-state index in [9.17, 15) is 5.11 Å². The van der Waals surface area contributed by atoms with Crippen molar-refractivity contribution < 1.29 is 19.3 Å². The minimum absolute atomic E-state index is 0.197. The van der Waals surface area contributed by atoms with Crippen LogP contribution in [0.3, 0.4) is 0 Å². The number of rotatable bonds is 2. The number of aliphatic hydroxyl groups is 1. The Morgan fingerprint density at radius 1 is 1.22 bits per heavy atom. The van der Waals surface area contributed by atoms with Crippen molar-refractivity contribution in [2.75, 3.05) is 19.8 Å². The normalized spacial score (nSPS) is 48.1. The van der Waals surface area contributed by atoms with Crippen LogP contribution < -0.4 is 0 Å². The maximum atomic E-state index is 12.0. The van der Waals surface area contributed by atoms with Gasteiger partial charge >= 0.3 is 0 Å². The fourth-order valence-corrected chi connectivity index (χ4v) is 7.17. The predicted octanol–water partition coefficient (Wildman–Crippen LogP) is 3.99. The second-order valence-corrected chi connectivity index (χ2v) is 9.70. The van der Waals surface area contributed by atoms with Crippen molar-refractivity contribution >= 4 is 0 Å². The molecule has 0 bridgehead atoms. The first-order valence-electron chi connectivity index (χ1n) is 10.9. The van der Waals surface area contributed by atoms with Gasteiger partial charge in [0.05, 0.1) is 18.8 Å². The first kappa shape index (κ1) is 18.4. The molecule has 0 amide bonds. The van der Waals surface area contributed by atoms with E-state index in [0.29, 0.717) is 38.1 Å². The maximum absolute atomic E-state index is 12.0. The summed E-state index contributed by atoms with van der Waals surface area (Å²) < 4.78 is 18.3. The third kappa shape index (κ3) is 2.43. The molecule has 1 spiro atoms. The molecule has 27 heavy (non-hydrogen) atoms. The molecule has 5 rings (SSSR count). The summed E-state index contributed by atoms with van der Waals surface area (Å²) in [4.78, 5) is 0. The van der Waals surface area contributed by atoms with Gasteiger partial charge in [-0.25, -0.2) is 0 Å². The van der Waals surface area contributed by atoms with Gasteiger partial charge in [-0.2, -0.15) is 0 Å². The summed E-state index contributed by atoms with van der Waals surface area (Å²) in [7, 11) is 0. The zero-order chi connectivity index (χ0) is 18.9. The maximum Gasteiger partial charge on any atom is 0.195 e. The Kier molecular flexibility index (Phi) is 4.19. The van der Waals surface area contributed by atoms with Gasteiger partial charge in [-0.15, -0.1) is 0 Å². The summed E-state index contributed by atoms with van der Waals surface area (Å²) in [6, 6.07) is 0. The molecule has 5 aliphatic rings. The highest BCUT2D eigenvalue weighted by atomic mass is 16.8. The van der Waals surface area contributed by atoms with E-state index in [2.05, 4.69) is 19.6 Å². The van der Waals surface area contributed by atoms with Crippen LogP contribution in [-0.4, -0.2) is 42.4 Å². The highest BCUT2D eigenvalue weighted by Crippen LogP contribution is 2.63. The molecule has 0 radical (unpaired) electrons. The number of fused-ring (bicyclic) bond motifs is 5. The highest BCUT2D eigenvalue weighted by Gasteiger charge is 2.63. The standard InChI is InChI=1S/C23H34O4/c1-4-25-20-14-22(24)16(13-23(20)26-11-12-27-23)6-7-17-18-8-5-15(2)21(18,3)10-9-19(17)22/h9,16-18,20,24H,2,4-8,10-14H2,1,3H3/t16-,17-,18-,20?,21+,22-/m0/s1. The molecular weight excluding hydrogens is 340 g/mol. The summed E-state index contributed by atoms with van der Waals surface area (Å²) in [5.74, 6) is 0.677. The molecular formula is C23H34O4. The molecule has 1 N–H and O–H groups in total. The Hall–Kier alpha value is -0.680. The molecule has 4 fully saturated rings. The van der Waals surface area contributed by atoms with Crippen molar-refractivity contribution in [2.24, 2.45) is 23.2 Å². The fraction of sp³-hybridized carbons (Fsp3) is 0.826. The molecule has 4 aliphatic carbocycles. The molecule has 1 saturated heterocycles. The summed E-state index contributed by atoms with van der Waals surface area (Å²) in [6.07, 6.45) is 9.13. The van der Waals surface area contributed by atoms with E-state index >= 15 is 0 Å². The molecule has 4 nitrogen and oxygen atoms in total. The number of allylic oxidation sites excluding steroid dienone is 2. The molecule has 4 heteroatoms. The molecule has 6 atom stereocenters. The van der Waals surface area contributed by atoms with Crippen molar-refractivity contribution in [2.45, 2.75) is 76.3 Å². The van der Waals surface area contributed by atoms with Crippen LogP contribution in [0.4, 0.5) is 0 Å². The summed E-state index contributed by atoms with van der Waals surface area (Å²) in [5, 5.41) is 12.0. The first-order chi connectivity index (χ1) is 12.9. The Morgan fingerprint density at radius 2 is 2.00 bits per heavy atom. The second-order valence-electron chi connectivity index (χ2n) is 9.70. The Balaban J connectivity index is 1.50. The molecule has 1 unspecified atom stereocenters. The average Bonchev–Trinajstić information content (AvgIpc) is 3.22. The summed E-state index contributed by atoms with van der Waals surface area (Å²) >= 11 is 0. The van der Waals surface area contributed by atoms with Crippen LogP contribution in [0.1, 0.15) is 58.8 Å². The van der Waals surface area contributed by atoms with E-state index in [4.69, 9.17) is 14.2 Å². The molecule has 1 aliphatic heterocycles. The molecule has 0 aromatic carbocycles. The smallest absolute Gasteiger partial charge is 0.195 e. The third-order valence-electron chi connectivity index (χ3n) is 8.68. The third-order valence-corrected chi connectivity index (χ3v) is 8.68. The van der Waals surface area contributed by atoms with Gasteiger partial charge in [0.1, 0.15) is 6.10 Å². The van der Waals surface area contributed by atoms with Crippen LogP contribution in [-0.2, 0) is 14.2 Å². The van der Waals surface area contributed by atoms with Gasteiger partial charge in [0.25, 0.3) is 0 Å². The van der Waals surface area contributed by atoms with Gasteiger partial charge in [0.15, 0.2) is 5.79 Å². The monoisotopic (exact) mass is 374 g/mol. The van der Waals surface area contributed by atoms with Crippen LogP contribution in [0, 0.1) is 23.2 Å². The van der Waals surface area contributed by atoms with Gasteiger partial charge in [0.2, 0.25) is 0 Å². The lowest BCUT2D eigenvalue weighted by molar-refractivity contribution is -0.284. The Morgan fingerprint density at radius 3 is 2.74 bits per heavy atom. The lowest BCUT2D eigenvalue weighted by atomic mass is 9.52. The summed E-state index contributed by atoms with van der Waals surface area (Å²) in [5.41, 5.74) is 2.17. The van der Waals surface area contributed by atoms with Crippen molar-refractivity contribution in [3.63, 3.8) is 0 Å². The van der Waals surface area contributed by atoms with Crippen LogP contribution >= 0.6 is 0 Å². The Labute approximate surface area is 162 Å². The number of hydrogen-bond acceptors (Lipinski definition) is 4. The predicted molar refractivity (Wildman–Crippen MR) is 103 cm³/mol. The quantitative estimate of drug-likeness (QED) is 0.743. The van der Waals surface area contributed by atoms with Crippen LogP contribution in [0.25, 0.3) is 0 Å². The van der Waals surface area contributed by atoms with E-state index in [0.717, 1.165) is 25.7 Å². The van der Waals surface area contributed by atoms with Gasteiger partial charge < -0.3 is 19.3 Å². The first-order valence-corrected chi connectivity index (χ1v) is 10.9. The highest BCUT2D eigenvalue weighted by molar-refractivity contribution is 5.35. The molecule has 0 aromatic heterocycles. The lowest BCUT2D eigenvalue weighted by Gasteiger charge is -2.58. The van der Waals surface area contributed by atoms with Gasteiger partial charge in [-0.05, 0) is 67.8 Å². The lowest BCUT2D eigenvalue weighted by Crippen LogP contribution is -2.62. The molecule has 150 valence electrons. The van der Waals surface area contributed by atoms with Crippen molar-refractivity contribution in [3.8, 4) is 0 Å². The Bertz CT molecular complexity index is 663. The fourth-order valence-electron chi connectivity index (χ4n) is 7.17. The van der Waals surface area contributed by atoms with E-state index in [1.165, 1.54) is 24.0 Å². The topological polar surface area (TPSA) is 47.9 Å². The average molecular weight is 375 g/mol. The molecule has 0 aromatic rings. The minimum atomic E-state index is -0.769. The van der Waals surface area contributed by atoms with Crippen molar-refractivity contribution in [1.29, 1.82) is 0 Å². The van der Waals surface area contributed by atoms with E-state index in [1.807, 2.05) is 6.92 Å². The SMILES string of the molecule is C=C1CC[C@H]2[C@@H]3CC[C@H]4CC5(OCCO5)C(OCC)C[C@@]4(O)C3=CC[C@]12C. The van der Waals surface area contributed by atoms with Crippen LogP contribution in [0.5, 0.6) is 0 Å². The zero-order valence-corrected chi connectivity index (χ0v) is 16.8. The zero-order valence-electron chi connectivity index (χ0n) is 16.8. The van der Waals surface area contributed by atoms with Crippen molar-refractivity contribution in [1.82, 2.24) is 0 Å². The number of ether oxygens (including phenoxy) is 3. The molecule has 3 saturated carbocycles. The summed E-state index contributed by atoms with van der Waals surface area (Å²) in [6.45, 7) is 10.7. The van der Waals surface area contributed by atoms with Crippen molar-refractivity contribution in [3.05, 3.63) is 23.8 Å². The van der Waals surface area contributed by atoms with Crippen LogP contribution in [0.2, 0.25) is 0 Å². The van der Waals surface area contributed by atoms with Crippen LogP contribution in [0.15, 0.2) is 23.8 Å². The van der Waals surface area contributed by atoms with E-state index in [1.54, 1.807) is 0 Å². The second kappa shape index (κ2) is 6.16. The number of hydrogen-bond donors (Lipinski definition) is 1. The van der Waals surface area contributed by atoms with Gasteiger partial charge in [0, 0.05) is 19.4 Å². The largest absolute Gasteiger partial charge is 0.385 e.